The molecule has 3 aromatic carbocycles. The number of furan rings is 1. The maximum atomic E-state index is 12.7. The van der Waals surface area contributed by atoms with E-state index in [-0.39, 0.29) is 5.56 Å². The van der Waals surface area contributed by atoms with Gasteiger partial charge in [-0.25, -0.2) is 4.79 Å². The number of benzene rings is 3. The quantitative estimate of drug-likeness (QED) is 0.477. The Balaban J connectivity index is 1.55. The molecular formula is C24H18N2O5. The smallest absolute Gasteiger partial charge is 0.338 e. The zero-order valence-corrected chi connectivity index (χ0v) is 16.8. The predicted molar refractivity (Wildman–Crippen MR) is 115 cm³/mol. The Morgan fingerprint density at radius 1 is 1.03 bits per heavy atom. The summed E-state index contributed by atoms with van der Waals surface area (Å²) < 4.78 is 16.5. The molecule has 0 aliphatic carbocycles. The SMILES string of the molecule is COc1cc2c(cc1NC(=O)[C@H](C)OC(=O)c1cccc(C#N)c1)oc1ccccc12. The Hall–Kier alpha value is -4.31. The molecule has 7 nitrogen and oxygen atoms in total. The van der Waals surface area contributed by atoms with Gasteiger partial charge in [0.1, 0.15) is 16.9 Å². The van der Waals surface area contributed by atoms with Crippen molar-refractivity contribution in [3.05, 3.63) is 71.8 Å². The maximum Gasteiger partial charge on any atom is 0.338 e. The van der Waals surface area contributed by atoms with Crippen LogP contribution in [0.1, 0.15) is 22.8 Å². The molecule has 1 heterocycles. The molecule has 0 saturated carbocycles. The first-order valence-corrected chi connectivity index (χ1v) is 9.51. The highest BCUT2D eigenvalue weighted by Crippen LogP contribution is 2.36. The summed E-state index contributed by atoms with van der Waals surface area (Å²) in [5.74, 6) is -0.773. The van der Waals surface area contributed by atoms with Crippen LogP contribution in [0.25, 0.3) is 21.9 Å². The van der Waals surface area contributed by atoms with Gasteiger partial charge >= 0.3 is 5.97 Å². The van der Waals surface area contributed by atoms with E-state index in [1.807, 2.05) is 30.3 Å². The molecule has 154 valence electrons. The Morgan fingerprint density at radius 3 is 2.61 bits per heavy atom. The van der Waals surface area contributed by atoms with Crippen LogP contribution in [0.3, 0.4) is 0 Å². The number of carbonyl (C=O) groups excluding carboxylic acids is 2. The van der Waals surface area contributed by atoms with E-state index in [2.05, 4.69) is 5.32 Å². The Morgan fingerprint density at radius 2 is 1.84 bits per heavy atom. The largest absolute Gasteiger partial charge is 0.495 e. The van der Waals surface area contributed by atoms with E-state index in [9.17, 15) is 9.59 Å². The molecule has 0 bridgehead atoms. The fourth-order valence-corrected chi connectivity index (χ4v) is 3.25. The molecule has 0 radical (unpaired) electrons. The van der Waals surface area contributed by atoms with Crippen LogP contribution in [-0.4, -0.2) is 25.1 Å². The third kappa shape index (κ3) is 3.91. The second-order valence-electron chi connectivity index (χ2n) is 6.88. The van der Waals surface area contributed by atoms with Crippen LogP contribution in [0.15, 0.2) is 65.1 Å². The molecule has 0 aliphatic rings. The fraction of sp³-hybridized carbons (Fsp3) is 0.125. The van der Waals surface area contributed by atoms with Crippen LogP contribution in [0.2, 0.25) is 0 Å². The standard InChI is InChI=1S/C24H18N2O5/c1-14(30-24(28)16-7-5-6-15(10-16)13-25)23(27)26-19-12-21-18(11-22(19)29-2)17-8-3-4-9-20(17)31-21/h3-12,14H,1-2H3,(H,26,27)/t14-/m0/s1. The van der Waals surface area contributed by atoms with E-state index < -0.39 is 18.0 Å². The number of methoxy groups -OCH3 is 1. The highest BCUT2D eigenvalue weighted by atomic mass is 16.5. The summed E-state index contributed by atoms with van der Waals surface area (Å²) in [7, 11) is 1.50. The average Bonchev–Trinajstić information content (AvgIpc) is 3.15. The average molecular weight is 414 g/mol. The number of nitrogens with one attached hydrogen (secondary N) is 1. The summed E-state index contributed by atoms with van der Waals surface area (Å²) in [6.45, 7) is 1.47. The van der Waals surface area contributed by atoms with Crippen LogP contribution in [0, 0.1) is 11.3 Å². The number of amides is 1. The number of hydrogen-bond acceptors (Lipinski definition) is 6. The molecule has 0 spiro atoms. The molecule has 1 amide bonds. The van der Waals surface area contributed by atoms with Gasteiger partial charge in [-0.05, 0) is 37.3 Å². The minimum absolute atomic E-state index is 0.194. The van der Waals surface area contributed by atoms with Gasteiger partial charge in [0.2, 0.25) is 0 Å². The maximum absolute atomic E-state index is 12.7. The fourth-order valence-electron chi connectivity index (χ4n) is 3.25. The Kier molecular flexibility index (Phi) is 5.29. The first-order valence-electron chi connectivity index (χ1n) is 9.51. The summed E-state index contributed by atoms with van der Waals surface area (Å²) in [5, 5.41) is 13.5. The zero-order valence-electron chi connectivity index (χ0n) is 16.8. The van der Waals surface area contributed by atoms with E-state index in [0.29, 0.717) is 22.6 Å². The van der Waals surface area contributed by atoms with Crippen LogP contribution in [0.5, 0.6) is 5.75 Å². The van der Waals surface area contributed by atoms with Crippen molar-refractivity contribution >= 4 is 39.5 Å². The summed E-state index contributed by atoms with van der Waals surface area (Å²) in [4.78, 5) is 25.0. The van der Waals surface area contributed by atoms with Gasteiger partial charge in [0.05, 0.1) is 30.0 Å². The number of ether oxygens (including phenoxy) is 2. The van der Waals surface area contributed by atoms with Crippen molar-refractivity contribution in [2.45, 2.75) is 13.0 Å². The van der Waals surface area contributed by atoms with Crippen LogP contribution < -0.4 is 10.1 Å². The second kappa shape index (κ2) is 8.20. The number of nitriles is 1. The lowest BCUT2D eigenvalue weighted by Crippen LogP contribution is -2.30. The number of para-hydroxylation sites is 1. The van der Waals surface area contributed by atoms with Crippen molar-refractivity contribution in [3.8, 4) is 11.8 Å². The molecule has 31 heavy (non-hydrogen) atoms. The van der Waals surface area contributed by atoms with Gasteiger partial charge < -0.3 is 19.2 Å². The van der Waals surface area contributed by atoms with Crippen molar-refractivity contribution in [3.63, 3.8) is 0 Å². The molecule has 4 rings (SSSR count). The van der Waals surface area contributed by atoms with Crippen molar-refractivity contribution in [1.82, 2.24) is 0 Å². The molecule has 0 fully saturated rings. The van der Waals surface area contributed by atoms with Crippen molar-refractivity contribution in [2.75, 3.05) is 12.4 Å². The molecule has 4 aromatic rings. The van der Waals surface area contributed by atoms with Crippen LogP contribution >= 0.6 is 0 Å². The normalized spacial score (nSPS) is 11.6. The molecule has 1 atom stereocenters. The van der Waals surface area contributed by atoms with Gasteiger partial charge in [-0.15, -0.1) is 0 Å². The number of nitrogens with zero attached hydrogens (tertiary/aromatic N) is 1. The molecule has 0 saturated heterocycles. The molecular weight excluding hydrogens is 396 g/mol. The molecule has 7 heteroatoms. The Labute approximate surface area is 177 Å². The number of fused-ring (bicyclic) bond motifs is 3. The Bertz CT molecular complexity index is 1350. The molecule has 0 unspecified atom stereocenters. The number of rotatable bonds is 5. The van der Waals surface area contributed by atoms with Gasteiger partial charge in [0.25, 0.3) is 5.91 Å². The van der Waals surface area contributed by atoms with E-state index in [4.69, 9.17) is 19.2 Å². The minimum Gasteiger partial charge on any atom is -0.495 e. The lowest BCUT2D eigenvalue weighted by Gasteiger charge is -2.15. The van der Waals surface area contributed by atoms with Crippen molar-refractivity contribution in [2.24, 2.45) is 0 Å². The van der Waals surface area contributed by atoms with Gasteiger partial charge in [0.15, 0.2) is 6.10 Å². The molecule has 0 aliphatic heterocycles. The highest BCUT2D eigenvalue weighted by Gasteiger charge is 2.21. The molecule has 1 N–H and O–H groups in total. The van der Waals surface area contributed by atoms with E-state index in [1.54, 1.807) is 24.3 Å². The highest BCUT2D eigenvalue weighted by molar-refractivity contribution is 6.08. The van der Waals surface area contributed by atoms with Crippen LogP contribution in [0.4, 0.5) is 5.69 Å². The third-order valence-electron chi connectivity index (χ3n) is 4.84. The minimum atomic E-state index is -1.07. The zero-order chi connectivity index (χ0) is 22.0. The first-order chi connectivity index (χ1) is 15.0. The van der Waals surface area contributed by atoms with E-state index in [1.165, 1.54) is 26.2 Å². The number of carbonyl (C=O) groups is 2. The topological polar surface area (TPSA) is 102 Å². The van der Waals surface area contributed by atoms with Gasteiger partial charge in [0, 0.05) is 16.8 Å². The van der Waals surface area contributed by atoms with E-state index >= 15 is 0 Å². The van der Waals surface area contributed by atoms with Crippen LogP contribution in [-0.2, 0) is 9.53 Å². The number of hydrogen-bond donors (Lipinski definition) is 1. The summed E-state index contributed by atoms with van der Waals surface area (Å²) in [5.41, 5.74) is 2.24. The van der Waals surface area contributed by atoms with Crippen molar-refractivity contribution in [1.29, 1.82) is 5.26 Å². The van der Waals surface area contributed by atoms with Gasteiger partial charge in [-0.2, -0.15) is 5.26 Å². The number of anilines is 1. The summed E-state index contributed by atoms with van der Waals surface area (Å²) >= 11 is 0. The second-order valence-corrected chi connectivity index (χ2v) is 6.88. The number of esters is 1. The lowest BCUT2D eigenvalue weighted by atomic mass is 10.1. The predicted octanol–water partition coefficient (Wildman–Crippen LogP) is 4.65. The third-order valence-corrected chi connectivity index (χ3v) is 4.84. The van der Waals surface area contributed by atoms with Gasteiger partial charge in [-0.3, -0.25) is 4.79 Å². The van der Waals surface area contributed by atoms with Gasteiger partial charge in [-0.1, -0.05) is 24.3 Å². The van der Waals surface area contributed by atoms with Crippen molar-refractivity contribution < 1.29 is 23.5 Å². The monoisotopic (exact) mass is 414 g/mol. The first kappa shape index (κ1) is 20.0. The lowest BCUT2D eigenvalue weighted by molar-refractivity contribution is -0.123. The summed E-state index contributed by atoms with van der Waals surface area (Å²) in [6.07, 6.45) is -1.07. The molecule has 1 aromatic heterocycles. The van der Waals surface area contributed by atoms with E-state index in [0.717, 1.165) is 16.4 Å². The summed E-state index contributed by atoms with van der Waals surface area (Å²) in [6, 6.07) is 19.1.